The molecular formula is C16H21N3O. The minimum atomic E-state index is 0.167. The molecule has 0 saturated carbocycles. The first-order valence-electron chi connectivity index (χ1n) is 7.21. The van der Waals surface area contributed by atoms with Gasteiger partial charge < -0.3 is 10.5 Å². The molecule has 0 bridgehead atoms. The summed E-state index contributed by atoms with van der Waals surface area (Å²) >= 11 is 0. The number of hydrogen-bond acceptors (Lipinski definition) is 3. The summed E-state index contributed by atoms with van der Waals surface area (Å²) in [7, 11) is 1.93. The van der Waals surface area contributed by atoms with Crippen molar-refractivity contribution in [1.29, 1.82) is 0 Å². The van der Waals surface area contributed by atoms with Crippen LogP contribution in [0.1, 0.15) is 35.6 Å². The minimum absolute atomic E-state index is 0.167. The molecule has 1 heterocycles. The van der Waals surface area contributed by atoms with Crippen LogP contribution in [0, 0.1) is 0 Å². The summed E-state index contributed by atoms with van der Waals surface area (Å²) in [6.07, 6.45) is 8.18. The normalized spacial score (nSPS) is 17.8. The molecule has 1 aliphatic carbocycles. The molecule has 0 fully saturated rings. The molecule has 0 aliphatic heterocycles. The van der Waals surface area contributed by atoms with E-state index in [4.69, 9.17) is 10.5 Å². The lowest BCUT2D eigenvalue weighted by Gasteiger charge is -2.22. The first kappa shape index (κ1) is 13.2. The van der Waals surface area contributed by atoms with E-state index in [0.29, 0.717) is 6.61 Å². The Morgan fingerprint density at radius 2 is 2.35 bits per heavy atom. The molecule has 106 valence electrons. The lowest BCUT2D eigenvalue weighted by atomic mass is 9.88. The Morgan fingerprint density at radius 3 is 3.15 bits per heavy atom. The van der Waals surface area contributed by atoms with Crippen molar-refractivity contribution in [2.75, 3.05) is 6.61 Å². The topological polar surface area (TPSA) is 53.1 Å². The number of ether oxygens (including phenoxy) is 1. The van der Waals surface area contributed by atoms with E-state index in [9.17, 15) is 0 Å². The quantitative estimate of drug-likeness (QED) is 0.929. The standard InChI is InChI=1S/C16H21N3O/c1-19-11-12(10-18-19)7-8-20-14-6-5-13-3-2-4-16(17)15(13)9-14/h5-6,9-11,16H,2-4,7-8,17H2,1H3/t16-/m1/s1. The van der Waals surface area contributed by atoms with Gasteiger partial charge in [0.1, 0.15) is 5.75 Å². The summed E-state index contributed by atoms with van der Waals surface area (Å²) in [4.78, 5) is 0. The second kappa shape index (κ2) is 5.67. The van der Waals surface area contributed by atoms with Crippen molar-refractivity contribution in [3.63, 3.8) is 0 Å². The smallest absolute Gasteiger partial charge is 0.119 e. The second-order valence-electron chi connectivity index (χ2n) is 5.48. The van der Waals surface area contributed by atoms with Crippen LogP contribution in [0.25, 0.3) is 0 Å². The molecule has 2 aromatic rings. The summed E-state index contributed by atoms with van der Waals surface area (Å²) < 4.78 is 7.65. The van der Waals surface area contributed by atoms with Crippen molar-refractivity contribution in [3.8, 4) is 5.75 Å². The van der Waals surface area contributed by atoms with Crippen LogP contribution in [0.5, 0.6) is 5.75 Å². The lowest BCUT2D eigenvalue weighted by molar-refractivity contribution is 0.321. The molecule has 0 saturated heterocycles. The molecule has 1 aromatic carbocycles. The van der Waals surface area contributed by atoms with Crippen LogP contribution in [-0.4, -0.2) is 16.4 Å². The molecule has 20 heavy (non-hydrogen) atoms. The van der Waals surface area contributed by atoms with Crippen molar-refractivity contribution < 1.29 is 4.74 Å². The number of benzene rings is 1. The van der Waals surface area contributed by atoms with Crippen LogP contribution in [-0.2, 0) is 19.9 Å². The van der Waals surface area contributed by atoms with Gasteiger partial charge in [0.25, 0.3) is 0 Å². The van der Waals surface area contributed by atoms with E-state index in [1.54, 1.807) is 0 Å². The summed E-state index contributed by atoms with van der Waals surface area (Å²) in [5, 5.41) is 4.15. The van der Waals surface area contributed by atoms with Crippen molar-refractivity contribution in [1.82, 2.24) is 9.78 Å². The third-order valence-corrected chi connectivity index (χ3v) is 3.90. The first-order valence-corrected chi connectivity index (χ1v) is 7.21. The molecular weight excluding hydrogens is 250 g/mol. The van der Waals surface area contributed by atoms with Crippen LogP contribution >= 0.6 is 0 Å². The van der Waals surface area contributed by atoms with Gasteiger partial charge in [-0.25, -0.2) is 0 Å². The van der Waals surface area contributed by atoms with Gasteiger partial charge in [-0.1, -0.05) is 6.07 Å². The van der Waals surface area contributed by atoms with E-state index in [1.165, 1.54) is 23.1 Å². The fourth-order valence-corrected chi connectivity index (χ4v) is 2.79. The molecule has 1 aliphatic rings. The maximum absolute atomic E-state index is 6.17. The highest BCUT2D eigenvalue weighted by molar-refractivity contribution is 5.39. The molecule has 0 spiro atoms. The number of aryl methyl sites for hydroxylation is 2. The van der Waals surface area contributed by atoms with E-state index in [0.717, 1.165) is 25.0 Å². The summed E-state index contributed by atoms with van der Waals surface area (Å²) in [6.45, 7) is 0.666. The zero-order valence-corrected chi connectivity index (χ0v) is 11.9. The Hall–Kier alpha value is -1.81. The lowest BCUT2D eigenvalue weighted by Crippen LogP contribution is -2.17. The number of aromatic nitrogens is 2. The van der Waals surface area contributed by atoms with E-state index in [-0.39, 0.29) is 6.04 Å². The number of nitrogens with two attached hydrogens (primary N) is 1. The summed E-state index contributed by atoms with van der Waals surface area (Å²) in [5.41, 5.74) is 10.0. The number of nitrogens with zero attached hydrogens (tertiary/aromatic N) is 2. The van der Waals surface area contributed by atoms with Gasteiger partial charge in [-0.2, -0.15) is 5.10 Å². The summed E-state index contributed by atoms with van der Waals surface area (Å²) in [6, 6.07) is 6.50. The van der Waals surface area contributed by atoms with Crippen molar-refractivity contribution in [2.24, 2.45) is 12.8 Å². The second-order valence-corrected chi connectivity index (χ2v) is 5.48. The monoisotopic (exact) mass is 271 g/mol. The van der Waals surface area contributed by atoms with Gasteiger partial charge in [0.15, 0.2) is 0 Å². The number of fused-ring (bicyclic) bond motifs is 1. The Kier molecular flexibility index (Phi) is 3.74. The Labute approximate surface area is 119 Å². The fraction of sp³-hybridized carbons (Fsp3) is 0.438. The van der Waals surface area contributed by atoms with Crippen molar-refractivity contribution >= 4 is 0 Å². The third-order valence-electron chi connectivity index (χ3n) is 3.90. The molecule has 4 heteroatoms. The van der Waals surface area contributed by atoms with Gasteiger partial charge in [0.2, 0.25) is 0 Å². The van der Waals surface area contributed by atoms with Crippen LogP contribution in [0.15, 0.2) is 30.6 Å². The van der Waals surface area contributed by atoms with Gasteiger partial charge in [0, 0.05) is 25.7 Å². The van der Waals surface area contributed by atoms with Gasteiger partial charge >= 0.3 is 0 Å². The highest BCUT2D eigenvalue weighted by Gasteiger charge is 2.17. The molecule has 4 nitrogen and oxygen atoms in total. The Bertz CT molecular complexity index is 591. The zero-order valence-electron chi connectivity index (χ0n) is 11.9. The molecule has 0 radical (unpaired) electrons. The van der Waals surface area contributed by atoms with Crippen LogP contribution in [0.4, 0.5) is 0 Å². The number of rotatable bonds is 4. The van der Waals surface area contributed by atoms with Gasteiger partial charge in [0.05, 0.1) is 12.8 Å². The number of hydrogen-bond donors (Lipinski definition) is 1. The largest absolute Gasteiger partial charge is 0.493 e. The van der Waals surface area contributed by atoms with Crippen molar-refractivity contribution in [2.45, 2.75) is 31.7 Å². The minimum Gasteiger partial charge on any atom is -0.493 e. The first-order chi connectivity index (χ1) is 9.72. The average molecular weight is 271 g/mol. The van der Waals surface area contributed by atoms with Crippen LogP contribution < -0.4 is 10.5 Å². The van der Waals surface area contributed by atoms with Crippen LogP contribution in [0.2, 0.25) is 0 Å². The predicted octanol–water partition coefficient (Wildman–Crippen LogP) is 2.38. The summed E-state index contributed by atoms with van der Waals surface area (Å²) in [5.74, 6) is 0.921. The zero-order chi connectivity index (χ0) is 13.9. The molecule has 0 unspecified atom stereocenters. The molecule has 1 aromatic heterocycles. The predicted molar refractivity (Wildman–Crippen MR) is 78.7 cm³/mol. The third kappa shape index (κ3) is 2.85. The van der Waals surface area contributed by atoms with Crippen molar-refractivity contribution in [3.05, 3.63) is 47.3 Å². The van der Waals surface area contributed by atoms with Gasteiger partial charge in [-0.05, 0) is 48.1 Å². The highest BCUT2D eigenvalue weighted by atomic mass is 16.5. The Morgan fingerprint density at radius 1 is 1.45 bits per heavy atom. The van der Waals surface area contributed by atoms with Crippen LogP contribution in [0.3, 0.4) is 0 Å². The maximum atomic E-state index is 6.17. The molecule has 1 atom stereocenters. The van der Waals surface area contributed by atoms with E-state index < -0.39 is 0 Å². The van der Waals surface area contributed by atoms with Gasteiger partial charge in [-0.15, -0.1) is 0 Å². The average Bonchev–Trinajstić information content (AvgIpc) is 2.85. The maximum Gasteiger partial charge on any atom is 0.119 e. The van der Waals surface area contributed by atoms with E-state index >= 15 is 0 Å². The molecule has 2 N–H and O–H groups in total. The molecule has 3 rings (SSSR count). The Balaban J connectivity index is 1.62. The SMILES string of the molecule is Cn1cc(CCOc2ccc3c(c2)[C@H](N)CCC3)cn1. The van der Waals surface area contributed by atoms with Gasteiger partial charge in [-0.3, -0.25) is 4.68 Å². The highest BCUT2D eigenvalue weighted by Crippen LogP contribution is 2.30. The fourth-order valence-electron chi connectivity index (χ4n) is 2.79. The molecule has 0 amide bonds. The van der Waals surface area contributed by atoms with E-state index in [2.05, 4.69) is 23.3 Å². The van der Waals surface area contributed by atoms with E-state index in [1.807, 2.05) is 24.1 Å².